The summed E-state index contributed by atoms with van der Waals surface area (Å²) in [7, 11) is 0. The minimum atomic E-state index is 0.881. The van der Waals surface area contributed by atoms with Gasteiger partial charge in [0.05, 0.1) is 11.2 Å². The fourth-order valence-corrected chi connectivity index (χ4v) is 3.29. The number of aromatic nitrogens is 1. The van der Waals surface area contributed by atoms with E-state index in [0.29, 0.717) is 0 Å². The third kappa shape index (κ3) is 1.40. The quantitative estimate of drug-likeness (QED) is 0.717. The summed E-state index contributed by atoms with van der Waals surface area (Å²) in [5.41, 5.74) is 3.20. The molecule has 2 atom stereocenters. The Bertz CT molecular complexity index is 283. The van der Waals surface area contributed by atoms with Crippen LogP contribution in [-0.4, -0.2) is 22.5 Å². The average molecular weight is 194 g/mol. The van der Waals surface area contributed by atoms with Gasteiger partial charge < -0.3 is 0 Å². The highest BCUT2D eigenvalue weighted by Gasteiger charge is 2.37. The van der Waals surface area contributed by atoms with E-state index in [0.717, 1.165) is 18.5 Å². The van der Waals surface area contributed by atoms with Crippen LogP contribution in [0.1, 0.15) is 25.0 Å². The van der Waals surface area contributed by atoms with Gasteiger partial charge in [-0.3, -0.25) is 4.90 Å². The van der Waals surface area contributed by atoms with Crippen molar-refractivity contribution in [2.45, 2.75) is 31.8 Å². The first-order valence-electron chi connectivity index (χ1n) is 5.03. The molecule has 0 N–H and O–H groups in total. The van der Waals surface area contributed by atoms with Crippen LogP contribution in [0.2, 0.25) is 0 Å². The van der Waals surface area contributed by atoms with Crippen molar-refractivity contribution < 1.29 is 0 Å². The van der Waals surface area contributed by atoms with E-state index in [4.69, 9.17) is 0 Å². The number of rotatable bonds is 2. The predicted octanol–water partition coefficient (Wildman–Crippen LogP) is 2.13. The number of fused-ring (bicyclic) bond motifs is 2. The third-order valence-electron chi connectivity index (χ3n) is 3.37. The van der Waals surface area contributed by atoms with Crippen LogP contribution in [-0.2, 0) is 6.54 Å². The van der Waals surface area contributed by atoms with Gasteiger partial charge in [-0.05, 0) is 25.2 Å². The zero-order chi connectivity index (χ0) is 8.67. The molecule has 0 radical (unpaired) electrons. The summed E-state index contributed by atoms with van der Waals surface area (Å²) >= 11 is 1.71. The fourth-order valence-electron chi connectivity index (χ4n) is 2.74. The maximum Gasteiger partial charge on any atom is 0.0795 e. The molecule has 0 aromatic carbocycles. The smallest absolute Gasteiger partial charge is 0.0795 e. The van der Waals surface area contributed by atoms with Gasteiger partial charge in [-0.15, -0.1) is 11.3 Å². The standard InChI is InChI=1S/C10H14N2S/c1-2-10-3-8(1)4-12(10)5-9-6-13-7-11-9/h6-8,10H,1-5H2. The summed E-state index contributed by atoms with van der Waals surface area (Å²) < 4.78 is 0. The van der Waals surface area contributed by atoms with Crippen LogP contribution in [0.3, 0.4) is 0 Å². The summed E-state index contributed by atoms with van der Waals surface area (Å²) in [5, 5.41) is 2.17. The number of piperidine rings is 1. The van der Waals surface area contributed by atoms with Crippen molar-refractivity contribution in [3.8, 4) is 0 Å². The highest BCUT2D eigenvalue weighted by atomic mass is 32.1. The molecule has 3 heteroatoms. The van der Waals surface area contributed by atoms with Crippen LogP contribution in [0.25, 0.3) is 0 Å². The minimum absolute atomic E-state index is 0.881. The van der Waals surface area contributed by atoms with Crippen molar-refractivity contribution in [2.75, 3.05) is 6.54 Å². The molecule has 3 rings (SSSR count). The summed E-state index contributed by atoms with van der Waals surface area (Å²) in [4.78, 5) is 6.95. The van der Waals surface area contributed by atoms with Crippen molar-refractivity contribution in [1.29, 1.82) is 0 Å². The summed E-state index contributed by atoms with van der Waals surface area (Å²) in [6, 6.07) is 0.881. The summed E-state index contributed by atoms with van der Waals surface area (Å²) in [6.45, 7) is 2.41. The van der Waals surface area contributed by atoms with Crippen molar-refractivity contribution in [3.05, 3.63) is 16.6 Å². The first-order chi connectivity index (χ1) is 6.42. The number of likely N-dealkylation sites (tertiary alicyclic amines) is 1. The Hall–Kier alpha value is -0.410. The van der Waals surface area contributed by atoms with E-state index in [1.807, 2.05) is 5.51 Å². The zero-order valence-corrected chi connectivity index (χ0v) is 8.46. The third-order valence-corrected chi connectivity index (χ3v) is 4.01. The van der Waals surface area contributed by atoms with E-state index in [9.17, 15) is 0 Å². The van der Waals surface area contributed by atoms with Crippen molar-refractivity contribution in [1.82, 2.24) is 9.88 Å². The second-order valence-electron chi connectivity index (χ2n) is 4.24. The molecule has 1 aromatic rings. The van der Waals surface area contributed by atoms with Gasteiger partial charge in [0.15, 0.2) is 0 Å². The molecule has 0 spiro atoms. The second kappa shape index (κ2) is 3.07. The van der Waals surface area contributed by atoms with Gasteiger partial charge in [-0.25, -0.2) is 4.98 Å². The van der Waals surface area contributed by atoms with Crippen molar-refractivity contribution in [2.24, 2.45) is 5.92 Å². The van der Waals surface area contributed by atoms with Gasteiger partial charge in [-0.1, -0.05) is 0 Å². The molecule has 2 unspecified atom stereocenters. The van der Waals surface area contributed by atoms with Crippen LogP contribution in [0, 0.1) is 5.92 Å². The topological polar surface area (TPSA) is 16.1 Å². The van der Waals surface area contributed by atoms with E-state index in [1.54, 1.807) is 11.3 Å². The molecule has 70 valence electrons. The molecule has 1 aromatic heterocycles. The van der Waals surface area contributed by atoms with Crippen LogP contribution in [0.5, 0.6) is 0 Å². The molecular formula is C10H14N2S. The lowest BCUT2D eigenvalue weighted by Crippen LogP contribution is -2.31. The van der Waals surface area contributed by atoms with Crippen molar-refractivity contribution >= 4 is 11.3 Å². The molecule has 13 heavy (non-hydrogen) atoms. The summed E-state index contributed by atoms with van der Waals surface area (Å²) in [6.07, 6.45) is 4.34. The Morgan fingerprint density at radius 3 is 3.15 bits per heavy atom. The van der Waals surface area contributed by atoms with Crippen LogP contribution in [0.4, 0.5) is 0 Å². The molecule has 2 aliphatic rings. The first-order valence-corrected chi connectivity index (χ1v) is 5.97. The lowest BCUT2D eigenvalue weighted by Gasteiger charge is -2.25. The number of hydrogen-bond donors (Lipinski definition) is 0. The first kappa shape index (κ1) is 7.94. The predicted molar refractivity (Wildman–Crippen MR) is 53.7 cm³/mol. The minimum Gasteiger partial charge on any atom is -0.294 e. The van der Waals surface area contributed by atoms with Crippen LogP contribution >= 0.6 is 11.3 Å². The van der Waals surface area contributed by atoms with Gasteiger partial charge in [0, 0.05) is 24.5 Å². The Morgan fingerprint density at radius 1 is 1.54 bits per heavy atom. The number of nitrogens with zero attached hydrogens (tertiary/aromatic N) is 2. The molecule has 1 saturated heterocycles. The molecule has 2 bridgehead atoms. The molecule has 0 amide bonds. The normalized spacial score (nSPS) is 32.9. The summed E-state index contributed by atoms with van der Waals surface area (Å²) in [5.74, 6) is 1.00. The Morgan fingerprint density at radius 2 is 2.54 bits per heavy atom. The van der Waals surface area contributed by atoms with E-state index < -0.39 is 0 Å². The van der Waals surface area contributed by atoms with E-state index in [-0.39, 0.29) is 0 Å². The van der Waals surface area contributed by atoms with Crippen molar-refractivity contribution in [3.63, 3.8) is 0 Å². The number of thiazole rings is 1. The van der Waals surface area contributed by atoms with E-state index >= 15 is 0 Å². The molecular weight excluding hydrogens is 180 g/mol. The van der Waals surface area contributed by atoms with E-state index in [1.165, 1.54) is 31.5 Å². The number of hydrogen-bond acceptors (Lipinski definition) is 3. The molecule has 2 nitrogen and oxygen atoms in total. The lowest BCUT2D eigenvalue weighted by atomic mass is 10.1. The van der Waals surface area contributed by atoms with Gasteiger partial charge >= 0.3 is 0 Å². The Labute approximate surface area is 82.6 Å². The van der Waals surface area contributed by atoms with Gasteiger partial charge in [0.25, 0.3) is 0 Å². The Balaban J connectivity index is 1.68. The SMILES string of the molecule is c1nc(CN2CC3CCC2C3)cs1. The molecule has 1 saturated carbocycles. The molecule has 1 aliphatic heterocycles. The highest BCUT2D eigenvalue weighted by molar-refractivity contribution is 7.07. The van der Waals surface area contributed by atoms with Gasteiger partial charge in [0.1, 0.15) is 0 Å². The maximum atomic E-state index is 4.34. The fraction of sp³-hybridized carbons (Fsp3) is 0.700. The van der Waals surface area contributed by atoms with Crippen LogP contribution < -0.4 is 0 Å². The largest absolute Gasteiger partial charge is 0.294 e. The second-order valence-corrected chi connectivity index (χ2v) is 4.96. The van der Waals surface area contributed by atoms with Gasteiger partial charge in [-0.2, -0.15) is 0 Å². The van der Waals surface area contributed by atoms with Gasteiger partial charge in [0.2, 0.25) is 0 Å². The van der Waals surface area contributed by atoms with E-state index in [2.05, 4.69) is 15.3 Å². The highest BCUT2D eigenvalue weighted by Crippen LogP contribution is 2.37. The maximum absolute atomic E-state index is 4.34. The zero-order valence-electron chi connectivity index (χ0n) is 7.65. The molecule has 1 aliphatic carbocycles. The average Bonchev–Trinajstić information content (AvgIpc) is 2.77. The molecule has 2 heterocycles. The van der Waals surface area contributed by atoms with Crippen LogP contribution in [0.15, 0.2) is 10.9 Å². The molecule has 2 fully saturated rings. The monoisotopic (exact) mass is 194 g/mol. The Kier molecular flexibility index (Phi) is 1.87. The lowest BCUT2D eigenvalue weighted by molar-refractivity contribution is 0.203.